The second-order valence-corrected chi connectivity index (χ2v) is 9.02. The van der Waals surface area contributed by atoms with Gasteiger partial charge in [0.2, 0.25) is 11.8 Å². The van der Waals surface area contributed by atoms with Gasteiger partial charge in [0.15, 0.2) is 0 Å². The number of likely N-dealkylation sites (tertiary alicyclic amines) is 1. The van der Waals surface area contributed by atoms with Gasteiger partial charge in [0, 0.05) is 32.4 Å². The van der Waals surface area contributed by atoms with E-state index in [0.717, 1.165) is 50.2 Å². The van der Waals surface area contributed by atoms with Crippen LogP contribution in [0.25, 0.3) is 0 Å². The molecule has 2 amide bonds. The van der Waals surface area contributed by atoms with E-state index in [0.29, 0.717) is 13.1 Å². The number of piperazine rings is 1. The Labute approximate surface area is 183 Å². The van der Waals surface area contributed by atoms with E-state index in [1.54, 1.807) is 6.20 Å². The minimum atomic E-state index is -0.294. The summed E-state index contributed by atoms with van der Waals surface area (Å²) in [4.78, 5) is 36.8. The molecule has 0 bridgehead atoms. The number of anilines is 1. The average molecular weight is 419 g/mol. The van der Waals surface area contributed by atoms with E-state index in [9.17, 15) is 9.59 Å². The van der Waals surface area contributed by atoms with Crippen molar-refractivity contribution in [3.63, 3.8) is 0 Å². The number of hydrogen-bond acceptors (Lipinski definition) is 4. The van der Waals surface area contributed by atoms with Crippen molar-refractivity contribution in [3.05, 3.63) is 60.3 Å². The van der Waals surface area contributed by atoms with Crippen molar-refractivity contribution >= 4 is 17.6 Å². The third-order valence-electron chi connectivity index (χ3n) is 7.29. The fourth-order valence-corrected chi connectivity index (χ4v) is 5.69. The summed E-state index contributed by atoms with van der Waals surface area (Å²) in [5.74, 6) is 1.19. The lowest BCUT2D eigenvalue weighted by atomic mass is 9.60. The van der Waals surface area contributed by atoms with E-state index in [1.807, 2.05) is 46.2 Å². The van der Waals surface area contributed by atoms with E-state index in [-0.39, 0.29) is 29.8 Å². The van der Waals surface area contributed by atoms with E-state index in [2.05, 4.69) is 22.0 Å². The summed E-state index contributed by atoms with van der Waals surface area (Å²) < 4.78 is 0. The summed E-state index contributed by atoms with van der Waals surface area (Å²) in [6.07, 6.45) is 7.10. The van der Waals surface area contributed by atoms with Crippen LogP contribution >= 0.6 is 0 Å². The molecule has 1 aromatic carbocycles. The van der Waals surface area contributed by atoms with Gasteiger partial charge in [0.25, 0.3) is 0 Å². The van der Waals surface area contributed by atoms with Gasteiger partial charge in [-0.1, -0.05) is 55.7 Å². The number of hydrogen-bond donors (Lipinski definition) is 0. The molecule has 2 saturated heterocycles. The molecule has 3 heterocycles. The maximum absolute atomic E-state index is 13.3. The van der Waals surface area contributed by atoms with Crippen LogP contribution in [0.5, 0.6) is 0 Å². The van der Waals surface area contributed by atoms with Gasteiger partial charge in [-0.2, -0.15) is 0 Å². The van der Waals surface area contributed by atoms with Gasteiger partial charge < -0.3 is 14.7 Å². The zero-order valence-corrected chi connectivity index (χ0v) is 17.9. The number of pyridine rings is 1. The molecule has 1 unspecified atom stereocenters. The first-order valence-corrected chi connectivity index (χ1v) is 11.5. The Bertz CT molecular complexity index is 919. The Morgan fingerprint density at radius 1 is 0.935 bits per heavy atom. The Morgan fingerprint density at radius 3 is 2.32 bits per heavy atom. The SMILES string of the molecule is O=C(CN1C(=O)C2(CCCCC2)C1c1ccccc1)N1CCN(c2ccccn2)CC1. The van der Waals surface area contributed by atoms with Gasteiger partial charge in [-0.25, -0.2) is 4.98 Å². The van der Waals surface area contributed by atoms with E-state index < -0.39 is 0 Å². The third kappa shape index (κ3) is 3.58. The quantitative estimate of drug-likeness (QED) is 0.715. The highest BCUT2D eigenvalue weighted by molar-refractivity contribution is 5.94. The molecule has 2 aromatic rings. The van der Waals surface area contributed by atoms with Crippen LogP contribution in [-0.2, 0) is 9.59 Å². The van der Waals surface area contributed by atoms with Crippen LogP contribution in [0.3, 0.4) is 0 Å². The van der Waals surface area contributed by atoms with Gasteiger partial charge in [0.1, 0.15) is 12.4 Å². The lowest BCUT2D eigenvalue weighted by Gasteiger charge is -2.58. The molecule has 6 nitrogen and oxygen atoms in total. The Kier molecular flexibility index (Phi) is 5.38. The van der Waals surface area contributed by atoms with Gasteiger partial charge in [-0.3, -0.25) is 9.59 Å². The predicted molar refractivity (Wildman–Crippen MR) is 119 cm³/mol. The zero-order chi connectivity index (χ0) is 21.3. The Balaban J connectivity index is 1.27. The van der Waals surface area contributed by atoms with Crippen molar-refractivity contribution in [2.24, 2.45) is 5.41 Å². The first kappa shape index (κ1) is 20.0. The van der Waals surface area contributed by atoms with Crippen LogP contribution in [0.2, 0.25) is 0 Å². The van der Waals surface area contributed by atoms with Crippen LogP contribution in [-0.4, -0.2) is 59.3 Å². The Morgan fingerprint density at radius 2 is 1.65 bits per heavy atom. The molecule has 1 atom stereocenters. The number of carbonyl (C=O) groups is 2. The minimum absolute atomic E-state index is 0.0280. The fourth-order valence-electron chi connectivity index (χ4n) is 5.69. The van der Waals surface area contributed by atoms with Gasteiger partial charge in [-0.05, 0) is 30.5 Å². The van der Waals surface area contributed by atoms with E-state index in [4.69, 9.17) is 0 Å². The second kappa shape index (κ2) is 8.33. The first-order chi connectivity index (χ1) is 15.2. The predicted octanol–water partition coefficient (Wildman–Crippen LogP) is 3.26. The number of aromatic nitrogens is 1. The molecule has 1 spiro atoms. The van der Waals surface area contributed by atoms with Crippen molar-refractivity contribution in [1.82, 2.24) is 14.8 Å². The number of amides is 2. The number of carbonyl (C=O) groups excluding carboxylic acids is 2. The molecule has 5 rings (SSSR count). The van der Waals surface area contributed by atoms with Crippen LogP contribution in [0.4, 0.5) is 5.82 Å². The van der Waals surface area contributed by atoms with E-state index in [1.165, 1.54) is 6.42 Å². The normalized spacial score (nSPS) is 23.0. The summed E-state index contributed by atoms with van der Waals surface area (Å²) in [7, 11) is 0. The highest BCUT2D eigenvalue weighted by Gasteiger charge is 2.60. The van der Waals surface area contributed by atoms with Gasteiger partial charge in [0.05, 0.1) is 11.5 Å². The molecule has 1 aromatic heterocycles. The van der Waals surface area contributed by atoms with Crippen LogP contribution in [0, 0.1) is 5.41 Å². The Hall–Kier alpha value is -2.89. The maximum atomic E-state index is 13.3. The number of rotatable bonds is 4. The van der Waals surface area contributed by atoms with E-state index >= 15 is 0 Å². The topological polar surface area (TPSA) is 56.8 Å². The molecule has 6 heteroatoms. The molecule has 1 aliphatic carbocycles. The monoisotopic (exact) mass is 418 g/mol. The summed E-state index contributed by atoms with van der Waals surface area (Å²) >= 11 is 0. The molecule has 0 radical (unpaired) electrons. The van der Waals surface area contributed by atoms with Crippen molar-refractivity contribution in [3.8, 4) is 0 Å². The molecule has 162 valence electrons. The lowest BCUT2D eigenvalue weighted by Crippen LogP contribution is -2.66. The lowest BCUT2D eigenvalue weighted by molar-refractivity contribution is -0.181. The smallest absolute Gasteiger partial charge is 0.242 e. The fraction of sp³-hybridized carbons (Fsp3) is 0.480. The summed E-state index contributed by atoms with van der Waals surface area (Å²) in [6.45, 7) is 3.05. The summed E-state index contributed by atoms with van der Waals surface area (Å²) in [5.41, 5.74) is 0.870. The summed E-state index contributed by atoms with van der Waals surface area (Å²) in [6, 6.07) is 16.2. The molecular weight excluding hydrogens is 388 g/mol. The largest absolute Gasteiger partial charge is 0.353 e. The molecular formula is C25H30N4O2. The highest BCUT2D eigenvalue weighted by Crippen LogP contribution is 2.57. The van der Waals surface area contributed by atoms with Gasteiger partial charge >= 0.3 is 0 Å². The average Bonchev–Trinajstić information content (AvgIpc) is 2.85. The van der Waals surface area contributed by atoms with Crippen molar-refractivity contribution < 1.29 is 9.59 Å². The summed E-state index contributed by atoms with van der Waals surface area (Å²) in [5, 5.41) is 0. The minimum Gasteiger partial charge on any atom is -0.353 e. The molecule has 3 fully saturated rings. The number of nitrogens with zero attached hydrogens (tertiary/aromatic N) is 4. The second-order valence-electron chi connectivity index (χ2n) is 9.02. The molecule has 31 heavy (non-hydrogen) atoms. The van der Waals surface area contributed by atoms with Gasteiger partial charge in [-0.15, -0.1) is 0 Å². The van der Waals surface area contributed by atoms with Crippen LogP contribution in [0.15, 0.2) is 54.7 Å². The van der Waals surface area contributed by atoms with Crippen molar-refractivity contribution in [2.45, 2.75) is 38.1 Å². The third-order valence-corrected chi connectivity index (χ3v) is 7.29. The van der Waals surface area contributed by atoms with Crippen molar-refractivity contribution in [2.75, 3.05) is 37.6 Å². The van der Waals surface area contributed by atoms with Crippen LogP contribution < -0.4 is 4.90 Å². The molecule has 2 aliphatic heterocycles. The number of benzene rings is 1. The van der Waals surface area contributed by atoms with Crippen LogP contribution in [0.1, 0.15) is 43.7 Å². The zero-order valence-electron chi connectivity index (χ0n) is 17.9. The highest BCUT2D eigenvalue weighted by atomic mass is 16.2. The van der Waals surface area contributed by atoms with Crippen molar-refractivity contribution in [1.29, 1.82) is 0 Å². The number of β-lactam (4-membered cyclic amide) rings is 1. The molecule has 0 N–H and O–H groups in total. The standard InChI is InChI=1S/C25H30N4O2/c30-22(28-17-15-27(16-18-28)21-11-5-8-14-26-21)19-29-23(20-9-3-1-4-10-20)25(24(29)31)12-6-2-7-13-25/h1,3-5,8-11,14,23H,2,6-7,12-13,15-19H2. The molecule has 1 saturated carbocycles. The first-order valence-electron chi connectivity index (χ1n) is 11.5. The maximum Gasteiger partial charge on any atom is 0.242 e. The molecule has 3 aliphatic rings.